The van der Waals surface area contributed by atoms with Gasteiger partial charge in [0.1, 0.15) is 18.2 Å². The van der Waals surface area contributed by atoms with Crippen LogP contribution >= 0.6 is 0 Å². The third kappa shape index (κ3) is 3.99. The van der Waals surface area contributed by atoms with Crippen molar-refractivity contribution < 1.29 is 29.0 Å². The van der Waals surface area contributed by atoms with Crippen molar-refractivity contribution in [3.8, 4) is 0 Å². The molecule has 32 heavy (non-hydrogen) atoms. The van der Waals surface area contributed by atoms with E-state index in [1.807, 2.05) is 20.8 Å². The molecule has 5 atom stereocenters. The van der Waals surface area contributed by atoms with E-state index in [4.69, 9.17) is 9.47 Å². The zero-order valence-electron chi connectivity index (χ0n) is 19.4. The van der Waals surface area contributed by atoms with Gasteiger partial charge >= 0.3 is 5.97 Å². The first kappa shape index (κ1) is 24.5. The number of esters is 1. The van der Waals surface area contributed by atoms with E-state index >= 15 is 0 Å². The van der Waals surface area contributed by atoms with Gasteiger partial charge in [0.05, 0.1) is 17.9 Å². The molecular weight excluding hydrogens is 412 g/mol. The van der Waals surface area contributed by atoms with Crippen LogP contribution in [0.3, 0.4) is 0 Å². The van der Waals surface area contributed by atoms with E-state index < -0.39 is 41.1 Å². The zero-order valence-corrected chi connectivity index (χ0v) is 19.4. The Balaban J connectivity index is 2.01. The van der Waals surface area contributed by atoms with Crippen LogP contribution in [0.1, 0.15) is 46.5 Å². The lowest BCUT2D eigenvalue weighted by Gasteiger charge is -2.42. The van der Waals surface area contributed by atoms with E-state index in [1.165, 1.54) is 6.08 Å². The largest absolute Gasteiger partial charge is 0.461 e. The van der Waals surface area contributed by atoms with E-state index in [0.717, 1.165) is 0 Å². The maximum Gasteiger partial charge on any atom is 0.312 e. The topological polar surface area (TPSA) is 96.4 Å². The van der Waals surface area contributed by atoms with Crippen LogP contribution in [0.25, 0.3) is 0 Å². The molecule has 3 saturated heterocycles. The van der Waals surface area contributed by atoms with Crippen LogP contribution < -0.4 is 0 Å². The second-order valence-corrected chi connectivity index (χ2v) is 9.85. The maximum absolute atomic E-state index is 14.0. The summed E-state index contributed by atoms with van der Waals surface area (Å²) in [7, 11) is 0. The Morgan fingerprint density at radius 1 is 1.31 bits per heavy atom. The summed E-state index contributed by atoms with van der Waals surface area (Å²) in [5.74, 6) is -2.38. The van der Waals surface area contributed by atoms with Crippen molar-refractivity contribution in [3.63, 3.8) is 0 Å². The highest BCUT2D eigenvalue weighted by molar-refractivity contribution is 5.98. The Hall–Kier alpha value is -2.19. The van der Waals surface area contributed by atoms with Gasteiger partial charge in [-0.3, -0.25) is 14.4 Å². The Labute approximate surface area is 190 Å². The van der Waals surface area contributed by atoms with Crippen molar-refractivity contribution >= 4 is 17.8 Å². The maximum atomic E-state index is 14.0. The number of likely N-dealkylation sites (tertiary alicyclic amines) is 1. The molecule has 1 spiro atoms. The van der Waals surface area contributed by atoms with Crippen molar-refractivity contribution in [2.45, 2.75) is 69.7 Å². The number of unbranched alkanes of at least 4 members (excludes halogenated alkanes) is 1. The number of ether oxygens (including phenoxy) is 2. The fraction of sp³-hybridized carbons (Fsp3) is 0.708. The molecule has 0 aromatic rings. The minimum absolute atomic E-state index is 0.00880. The second kappa shape index (κ2) is 9.35. The number of carbonyl (C=O) groups is 3. The zero-order chi connectivity index (χ0) is 23.7. The molecule has 8 nitrogen and oxygen atoms in total. The lowest BCUT2D eigenvalue weighted by molar-refractivity contribution is -0.155. The lowest BCUT2D eigenvalue weighted by atomic mass is 9.70. The number of hydrogen-bond donors (Lipinski definition) is 1. The van der Waals surface area contributed by atoms with Crippen molar-refractivity contribution in [2.24, 2.45) is 11.8 Å². The quantitative estimate of drug-likeness (QED) is 0.310. The number of carbonyl (C=O) groups excluding carboxylic acids is 3. The van der Waals surface area contributed by atoms with Crippen LogP contribution in [0, 0.1) is 11.8 Å². The van der Waals surface area contributed by atoms with Gasteiger partial charge in [0.2, 0.25) is 11.8 Å². The minimum atomic E-state index is -1.04. The molecule has 0 aliphatic carbocycles. The number of nitrogens with zero attached hydrogens (tertiary/aromatic N) is 2. The molecule has 0 aromatic carbocycles. The highest BCUT2D eigenvalue weighted by Gasteiger charge is 2.75. The van der Waals surface area contributed by atoms with Gasteiger partial charge in [-0.1, -0.05) is 18.7 Å². The molecule has 2 bridgehead atoms. The van der Waals surface area contributed by atoms with E-state index in [1.54, 1.807) is 15.9 Å². The summed E-state index contributed by atoms with van der Waals surface area (Å²) in [6.45, 7) is 13.9. The van der Waals surface area contributed by atoms with E-state index in [-0.39, 0.29) is 25.0 Å². The molecule has 0 saturated carbocycles. The molecule has 3 heterocycles. The molecule has 3 rings (SSSR count). The number of fused-ring (bicyclic) bond motifs is 1. The summed E-state index contributed by atoms with van der Waals surface area (Å²) in [4.78, 5) is 43.8. The summed E-state index contributed by atoms with van der Waals surface area (Å²) < 4.78 is 11.7. The lowest BCUT2D eigenvalue weighted by Crippen LogP contribution is -2.59. The number of amides is 2. The molecule has 2 amide bonds. The monoisotopic (exact) mass is 448 g/mol. The van der Waals surface area contributed by atoms with Crippen LogP contribution in [0.5, 0.6) is 0 Å². The average molecular weight is 449 g/mol. The van der Waals surface area contributed by atoms with Crippen molar-refractivity contribution in [3.05, 3.63) is 25.3 Å². The van der Waals surface area contributed by atoms with Gasteiger partial charge in [-0.05, 0) is 46.5 Å². The van der Waals surface area contributed by atoms with Crippen LogP contribution in [0.4, 0.5) is 0 Å². The molecule has 178 valence electrons. The standard InChI is InChI=1S/C24H36N2O6/c1-6-12-26(23(3,4)5)21(29)19-24-11-10-16(32-24)17(22(30)31-15-7-2)18(24)20(28)25(19)13-8-9-14-27/h6-7,16-19,27H,1-2,8-15H2,3-5H3/t16-,17+,18+,19?,24?/m1/s1. The van der Waals surface area contributed by atoms with E-state index in [2.05, 4.69) is 13.2 Å². The van der Waals surface area contributed by atoms with Crippen molar-refractivity contribution in [1.82, 2.24) is 9.80 Å². The summed E-state index contributed by atoms with van der Waals surface area (Å²) in [6, 6.07) is -0.819. The van der Waals surface area contributed by atoms with Gasteiger partial charge in [-0.2, -0.15) is 0 Å². The first-order valence-corrected chi connectivity index (χ1v) is 11.4. The Morgan fingerprint density at radius 2 is 2.03 bits per heavy atom. The fourth-order valence-electron chi connectivity index (χ4n) is 5.54. The van der Waals surface area contributed by atoms with Gasteiger partial charge in [-0.25, -0.2) is 0 Å². The first-order valence-electron chi connectivity index (χ1n) is 11.4. The molecule has 0 aromatic heterocycles. The summed E-state index contributed by atoms with van der Waals surface area (Å²) in [5, 5.41) is 9.22. The molecule has 8 heteroatoms. The van der Waals surface area contributed by atoms with E-state index in [0.29, 0.717) is 38.8 Å². The van der Waals surface area contributed by atoms with Gasteiger partial charge in [0.15, 0.2) is 0 Å². The second-order valence-electron chi connectivity index (χ2n) is 9.85. The molecular formula is C24H36N2O6. The number of rotatable bonds is 10. The van der Waals surface area contributed by atoms with Crippen molar-refractivity contribution in [1.29, 1.82) is 0 Å². The van der Waals surface area contributed by atoms with Crippen LogP contribution in [0.2, 0.25) is 0 Å². The van der Waals surface area contributed by atoms with E-state index in [9.17, 15) is 19.5 Å². The van der Waals surface area contributed by atoms with Crippen molar-refractivity contribution in [2.75, 3.05) is 26.3 Å². The van der Waals surface area contributed by atoms with Gasteiger partial charge in [0.25, 0.3) is 0 Å². The molecule has 1 N–H and O–H groups in total. The number of hydrogen-bond acceptors (Lipinski definition) is 6. The van der Waals surface area contributed by atoms with Gasteiger partial charge < -0.3 is 24.4 Å². The predicted octanol–water partition coefficient (Wildman–Crippen LogP) is 1.68. The third-order valence-corrected chi connectivity index (χ3v) is 6.84. The van der Waals surface area contributed by atoms with Crippen LogP contribution in [-0.4, -0.2) is 82.3 Å². The summed E-state index contributed by atoms with van der Waals surface area (Å²) >= 11 is 0. The first-order chi connectivity index (χ1) is 15.1. The summed E-state index contributed by atoms with van der Waals surface area (Å²) in [6.07, 6.45) is 4.95. The molecule has 3 aliphatic rings. The normalized spacial score (nSPS) is 30.9. The number of aliphatic hydroxyl groups excluding tert-OH is 1. The molecule has 3 fully saturated rings. The minimum Gasteiger partial charge on any atom is -0.461 e. The Morgan fingerprint density at radius 3 is 2.62 bits per heavy atom. The highest BCUT2D eigenvalue weighted by atomic mass is 16.6. The van der Waals surface area contributed by atoms with Gasteiger partial charge in [-0.15, -0.1) is 6.58 Å². The van der Waals surface area contributed by atoms with Gasteiger partial charge in [0, 0.05) is 25.2 Å². The van der Waals surface area contributed by atoms with Crippen LogP contribution in [-0.2, 0) is 23.9 Å². The SMILES string of the molecule is C=CCOC(=O)[C@@H]1[C@H]2C(=O)N(CCCCO)C(C(=O)N(CC=C)C(C)(C)C)C23CC[C@H]1O3. The Kier molecular flexibility index (Phi) is 7.15. The highest BCUT2D eigenvalue weighted by Crippen LogP contribution is 2.59. The smallest absolute Gasteiger partial charge is 0.312 e. The predicted molar refractivity (Wildman–Crippen MR) is 118 cm³/mol. The third-order valence-electron chi connectivity index (χ3n) is 6.84. The Bertz CT molecular complexity index is 775. The average Bonchev–Trinajstić information content (AvgIpc) is 3.37. The van der Waals surface area contributed by atoms with Crippen LogP contribution in [0.15, 0.2) is 25.3 Å². The molecule has 2 unspecified atom stereocenters. The fourth-order valence-corrected chi connectivity index (χ4v) is 5.54. The summed E-state index contributed by atoms with van der Waals surface area (Å²) in [5.41, 5.74) is -1.53. The molecule has 3 aliphatic heterocycles. The molecule has 0 radical (unpaired) electrons. The number of aliphatic hydroxyl groups is 1.